The fourth-order valence-corrected chi connectivity index (χ4v) is 2.29. The zero-order chi connectivity index (χ0) is 14.3. The lowest BCUT2D eigenvalue weighted by Crippen LogP contribution is -2.38. The van der Waals surface area contributed by atoms with Crippen molar-refractivity contribution in [1.82, 2.24) is 19.1 Å². The molecule has 102 valence electrons. The number of nitrogens with zero attached hydrogens (tertiary/aromatic N) is 3. The zero-order valence-corrected chi connectivity index (χ0v) is 11.4. The van der Waals surface area contributed by atoms with Crippen molar-refractivity contribution in [3.8, 4) is 0 Å². The summed E-state index contributed by atoms with van der Waals surface area (Å²) in [4.78, 5) is 30.9. The molecule has 2 aromatic heterocycles. The third kappa shape index (κ3) is 1.94. The summed E-state index contributed by atoms with van der Waals surface area (Å²) in [5.74, 6) is 0. The number of aromatic nitrogens is 4. The van der Waals surface area contributed by atoms with Gasteiger partial charge in [0.1, 0.15) is 0 Å². The normalized spacial score (nSPS) is 11.1. The van der Waals surface area contributed by atoms with Crippen molar-refractivity contribution >= 4 is 22.8 Å². The molecule has 3 aromatic rings. The number of nitrogens with one attached hydrogen (secondary N) is 1. The predicted octanol–water partition coefficient (Wildman–Crippen LogP) is 1.12. The number of H-pyrrole nitrogens is 1. The maximum Gasteiger partial charge on any atom is 0.332 e. The third-order valence-corrected chi connectivity index (χ3v) is 3.31. The van der Waals surface area contributed by atoms with Gasteiger partial charge in [0.05, 0.1) is 6.54 Å². The van der Waals surface area contributed by atoms with Gasteiger partial charge in [0, 0.05) is 7.05 Å². The van der Waals surface area contributed by atoms with Crippen LogP contribution in [0.25, 0.3) is 11.2 Å². The molecule has 0 radical (unpaired) electrons. The van der Waals surface area contributed by atoms with Crippen LogP contribution < -0.4 is 11.2 Å². The first-order valence-electron chi connectivity index (χ1n) is 5.97. The Morgan fingerprint density at radius 3 is 2.65 bits per heavy atom. The molecule has 7 heteroatoms. The quantitative estimate of drug-likeness (QED) is 0.719. The number of hydrogen-bond acceptors (Lipinski definition) is 3. The van der Waals surface area contributed by atoms with Crippen molar-refractivity contribution in [3.63, 3.8) is 0 Å². The second kappa shape index (κ2) is 4.64. The SMILES string of the molecule is Cn1c(=O)c2[nH]c(Cl)nc2n(Cc2ccccc2)c1=O. The molecule has 0 bridgehead atoms. The highest BCUT2D eigenvalue weighted by Crippen LogP contribution is 2.11. The Morgan fingerprint density at radius 2 is 1.95 bits per heavy atom. The molecule has 0 aliphatic carbocycles. The number of imidazole rings is 1. The van der Waals surface area contributed by atoms with Gasteiger partial charge < -0.3 is 4.98 Å². The third-order valence-electron chi connectivity index (χ3n) is 3.13. The van der Waals surface area contributed by atoms with E-state index < -0.39 is 11.2 Å². The van der Waals surface area contributed by atoms with Crippen LogP contribution in [0.3, 0.4) is 0 Å². The Morgan fingerprint density at radius 1 is 1.25 bits per heavy atom. The van der Waals surface area contributed by atoms with E-state index in [-0.39, 0.29) is 16.4 Å². The minimum absolute atomic E-state index is 0.0875. The number of rotatable bonds is 2. The van der Waals surface area contributed by atoms with Crippen molar-refractivity contribution in [2.75, 3.05) is 0 Å². The molecule has 0 fully saturated rings. The summed E-state index contributed by atoms with van der Waals surface area (Å²) < 4.78 is 2.47. The van der Waals surface area contributed by atoms with Crippen LogP contribution in [0.5, 0.6) is 0 Å². The summed E-state index contributed by atoms with van der Waals surface area (Å²) in [6.07, 6.45) is 0. The van der Waals surface area contributed by atoms with Crippen LogP contribution in [0.4, 0.5) is 0 Å². The monoisotopic (exact) mass is 290 g/mol. The number of benzene rings is 1. The molecule has 0 saturated heterocycles. The topological polar surface area (TPSA) is 72.7 Å². The second-order valence-electron chi connectivity index (χ2n) is 4.44. The van der Waals surface area contributed by atoms with Crippen LogP contribution in [0.1, 0.15) is 5.56 Å². The Bertz CT molecular complexity index is 892. The van der Waals surface area contributed by atoms with E-state index in [4.69, 9.17) is 11.6 Å². The summed E-state index contributed by atoms with van der Waals surface area (Å²) in [6.45, 7) is 0.325. The summed E-state index contributed by atoms with van der Waals surface area (Å²) in [5.41, 5.74) is 0.580. The van der Waals surface area contributed by atoms with Crippen molar-refractivity contribution in [2.45, 2.75) is 6.54 Å². The van der Waals surface area contributed by atoms with Crippen molar-refractivity contribution in [3.05, 3.63) is 62.0 Å². The maximum atomic E-state index is 12.2. The lowest BCUT2D eigenvalue weighted by atomic mass is 10.2. The summed E-state index contributed by atoms with van der Waals surface area (Å²) in [5, 5.41) is 0.0875. The Kier molecular flexibility index (Phi) is 2.94. The predicted molar refractivity (Wildman–Crippen MR) is 76.1 cm³/mol. The second-order valence-corrected chi connectivity index (χ2v) is 4.80. The van der Waals surface area contributed by atoms with E-state index in [2.05, 4.69) is 9.97 Å². The van der Waals surface area contributed by atoms with Gasteiger partial charge in [0.25, 0.3) is 5.56 Å². The Hall–Kier alpha value is -2.34. The first-order chi connectivity index (χ1) is 9.58. The largest absolute Gasteiger partial charge is 0.332 e. The molecular formula is C13H11ClN4O2. The molecule has 0 saturated carbocycles. The number of halogens is 1. The molecule has 3 rings (SSSR count). The molecule has 6 nitrogen and oxygen atoms in total. The first-order valence-corrected chi connectivity index (χ1v) is 6.34. The van der Waals surface area contributed by atoms with Gasteiger partial charge in [-0.1, -0.05) is 30.3 Å². The van der Waals surface area contributed by atoms with Gasteiger partial charge in [-0.2, -0.15) is 4.98 Å². The van der Waals surface area contributed by atoms with E-state index in [0.717, 1.165) is 10.1 Å². The van der Waals surface area contributed by atoms with Crippen LogP contribution >= 0.6 is 11.6 Å². The minimum atomic E-state index is -0.436. The minimum Gasteiger partial charge on any atom is -0.323 e. The fourth-order valence-electron chi connectivity index (χ4n) is 2.12. The van der Waals surface area contributed by atoms with Crippen LogP contribution in [-0.4, -0.2) is 19.1 Å². The van der Waals surface area contributed by atoms with Gasteiger partial charge in [0.2, 0.25) is 5.28 Å². The van der Waals surface area contributed by atoms with Gasteiger partial charge in [-0.25, -0.2) is 4.79 Å². The molecule has 1 N–H and O–H groups in total. The van der Waals surface area contributed by atoms with Gasteiger partial charge in [0.15, 0.2) is 11.2 Å². The van der Waals surface area contributed by atoms with E-state index in [9.17, 15) is 9.59 Å². The molecule has 0 aliphatic heterocycles. The standard InChI is InChI=1S/C13H11ClN4O2/c1-17-11(19)9-10(16-12(14)15-9)18(13(17)20)7-8-5-3-2-4-6-8/h2-6H,7H2,1H3,(H,15,16). The number of hydrogen-bond donors (Lipinski definition) is 1. The average Bonchev–Trinajstić information content (AvgIpc) is 2.84. The van der Waals surface area contributed by atoms with Gasteiger partial charge in [-0.3, -0.25) is 13.9 Å². The molecule has 0 spiro atoms. The molecule has 0 aliphatic rings. The van der Waals surface area contributed by atoms with E-state index in [0.29, 0.717) is 6.54 Å². The zero-order valence-electron chi connectivity index (χ0n) is 10.6. The maximum absolute atomic E-state index is 12.2. The Labute approximate surface area is 118 Å². The highest BCUT2D eigenvalue weighted by molar-refractivity contribution is 6.28. The van der Waals surface area contributed by atoms with E-state index >= 15 is 0 Å². The molecular weight excluding hydrogens is 280 g/mol. The van der Waals surface area contributed by atoms with Crippen LogP contribution in [0.15, 0.2) is 39.9 Å². The molecule has 0 unspecified atom stereocenters. The highest BCUT2D eigenvalue weighted by Gasteiger charge is 2.14. The molecule has 0 amide bonds. The average molecular weight is 291 g/mol. The molecule has 0 atom stereocenters. The van der Waals surface area contributed by atoms with Gasteiger partial charge in [-0.05, 0) is 17.2 Å². The highest BCUT2D eigenvalue weighted by atomic mass is 35.5. The first kappa shape index (κ1) is 12.7. The van der Waals surface area contributed by atoms with Crippen molar-refractivity contribution < 1.29 is 0 Å². The lowest BCUT2D eigenvalue weighted by Gasteiger charge is -2.08. The summed E-state index contributed by atoms with van der Waals surface area (Å²) in [7, 11) is 1.43. The van der Waals surface area contributed by atoms with E-state index in [1.807, 2.05) is 30.3 Å². The number of fused-ring (bicyclic) bond motifs is 1. The van der Waals surface area contributed by atoms with Gasteiger partial charge >= 0.3 is 5.69 Å². The smallest absolute Gasteiger partial charge is 0.323 e. The lowest BCUT2D eigenvalue weighted by molar-refractivity contribution is 0.669. The Balaban J connectivity index is 2.30. The molecule has 1 aromatic carbocycles. The van der Waals surface area contributed by atoms with Crippen LogP contribution in [0.2, 0.25) is 5.28 Å². The van der Waals surface area contributed by atoms with Gasteiger partial charge in [-0.15, -0.1) is 0 Å². The van der Waals surface area contributed by atoms with Crippen molar-refractivity contribution in [2.24, 2.45) is 7.05 Å². The summed E-state index contributed by atoms with van der Waals surface area (Å²) >= 11 is 5.80. The van der Waals surface area contributed by atoms with Crippen LogP contribution in [-0.2, 0) is 13.6 Å². The van der Waals surface area contributed by atoms with Crippen LogP contribution in [0, 0.1) is 0 Å². The fraction of sp³-hybridized carbons (Fsp3) is 0.154. The van der Waals surface area contributed by atoms with E-state index in [1.54, 1.807) is 0 Å². The molecule has 20 heavy (non-hydrogen) atoms. The summed E-state index contributed by atoms with van der Waals surface area (Å²) in [6, 6.07) is 9.47. The molecule has 2 heterocycles. The van der Waals surface area contributed by atoms with E-state index in [1.165, 1.54) is 11.6 Å². The van der Waals surface area contributed by atoms with Crippen molar-refractivity contribution in [1.29, 1.82) is 0 Å². The number of aromatic amines is 1.